The molecule has 0 bridgehead atoms. The molecule has 0 N–H and O–H groups in total. The van der Waals surface area contributed by atoms with Gasteiger partial charge in [0.1, 0.15) is 12.2 Å². The van der Waals surface area contributed by atoms with Crippen LogP contribution >= 0.6 is 0 Å². The van der Waals surface area contributed by atoms with Gasteiger partial charge in [0, 0.05) is 12.2 Å². The number of esters is 2. The summed E-state index contributed by atoms with van der Waals surface area (Å²) in [5.41, 5.74) is 4.13. The molecule has 0 radical (unpaired) electrons. The van der Waals surface area contributed by atoms with E-state index in [0.717, 1.165) is 22.3 Å². The first-order valence-corrected chi connectivity index (χ1v) is 10.6. The normalized spacial score (nSPS) is 24.7. The quantitative estimate of drug-likeness (QED) is 0.511. The summed E-state index contributed by atoms with van der Waals surface area (Å²) in [5, 5.41) is 0. The Balaban J connectivity index is 1.27. The first kappa shape index (κ1) is 22.0. The van der Waals surface area contributed by atoms with Crippen molar-refractivity contribution in [3.63, 3.8) is 0 Å². The molecule has 166 valence electrons. The second-order valence-corrected chi connectivity index (χ2v) is 8.03. The van der Waals surface area contributed by atoms with Gasteiger partial charge in [-0.1, -0.05) is 59.7 Å². The maximum Gasteiger partial charge on any atom is 0.331 e. The lowest BCUT2D eigenvalue weighted by atomic mass is 10.1. The van der Waals surface area contributed by atoms with E-state index in [4.69, 9.17) is 18.9 Å². The van der Waals surface area contributed by atoms with Gasteiger partial charge in [0.15, 0.2) is 12.2 Å². The summed E-state index contributed by atoms with van der Waals surface area (Å²) in [4.78, 5) is 24.4. The molecule has 2 aromatic carbocycles. The summed E-state index contributed by atoms with van der Waals surface area (Å²) in [5.74, 6) is -0.935. The van der Waals surface area contributed by atoms with Crippen LogP contribution in [-0.4, -0.2) is 49.6 Å². The van der Waals surface area contributed by atoms with Gasteiger partial charge < -0.3 is 18.9 Å². The number of rotatable bonds is 6. The van der Waals surface area contributed by atoms with E-state index in [9.17, 15) is 9.59 Å². The van der Waals surface area contributed by atoms with Crippen LogP contribution in [0.15, 0.2) is 60.7 Å². The van der Waals surface area contributed by atoms with E-state index in [0.29, 0.717) is 0 Å². The van der Waals surface area contributed by atoms with Crippen molar-refractivity contribution >= 4 is 24.1 Å². The Labute approximate surface area is 187 Å². The number of benzene rings is 2. The van der Waals surface area contributed by atoms with Crippen molar-refractivity contribution in [3.8, 4) is 0 Å². The molecule has 2 heterocycles. The van der Waals surface area contributed by atoms with E-state index in [2.05, 4.69) is 0 Å². The largest absolute Gasteiger partial charge is 0.454 e. The average Bonchev–Trinajstić information content (AvgIpc) is 3.36. The molecule has 4 rings (SSSR count). The molecular weight excluding hydrogens is 408 g/mol. The molecule has 2 aliphatic heterocycles. The molecule has 2 saturated heterocycles. The van der Waals surface area contributed by atoms with Crippen LogP contribution in [-0.2, 0) is 28.5 Å². The van der Waals surface area contributed by atoms with Crippen molar-refractivity contribution < 1.29 is 28.5 Å². The Morgan fingerprint density at radius 2 is 1.09 bits per heavy atom. The molecule has 4 atom stereocenters. The molecule has 0 spiro atoms. The third-order valence-electron chi connectivity index (χ3n) is 5.48. The molecule has 2 aromatic rings. The molecule has 32 heavy (non-hydrogen) atoms. The van der Waals surface area contributed by atoms with Gasteiger partial charge in [-0.2, -0.15) is 0 Å². The molecular formula is C26H26O6. The number of hydrogen-bond donors (Lipinski definition) is 0. The van der Waals surface area contributed by atoms with Crippen molar-refractivity contribution in [2.45, 2.75) is 38.3 Å². The highest BCUT2D eigenvalue weighted by molar-refractivity contribution is 5.87. The zero-order valence-corrected chi connectivity index (χ0v) is 18.1. The predicted octanol–water partition coefficient (Wildman–Crippen LogP) is 3.65. The van der Waals surface area contributed by atoms with E-state index < -0.39 is 36.4 Å². The summed E-state index contributed by atoms with van der Waals surface area (Å²) < 4.78 is 22.5. The molecule has 0 aliphatic carbocycles. The van der Waals surface area contributed by atoms with Gasteiger partial charge in [0.05, 0.1) is 13.2 Å². The molecule has 0 aromatic heterocycles. The van der Waals surface area contributed by atoms with Gasteiger partial charge in [-0.05, 0) is 37.1 Å². The highest BCUT2D eigenvalue weighted by Crippen LogP contribution is 2.30. The zero-order chi connectivity index (χ0) is 22.5. The van der Waals surface area contributed by atoms with Crippen LogP contribution in [0.4, 0.5) is 0 Å². The average molecular weight is 434 g/mol. The van der Waals surface area contributed by atoms with E-state index in [-0.39, 0.29) is 13.2 Å². The number of carbonyl (C=O) groups is 2. The Hall–Kier alpha value is -3.22. The van der Waals surface area contributed by atoms with Crippen LogP contribution in [0.5, 0.6) is 0 Å². The van der Waals surface area contributed by atoms with Crippen molar-refractivity contribution in [3.05, 3.63) is 82.9 Å². The second kappa shape index (κ2) is 9.94. The van der Waals surface area contributed by atoms with E-state index in [1.54, 1.807) is 12.2 Å². The summed E-state index contributed by atoms with van der Waals surface area (Å²) in [6, 6.07) is 15.6. The van der Waals surface area contributed by atoms with Gasteiger partial charge in [0.25, 0.3) is 0 Å². The van der Waals surface area contributed by atoms with Crippen LogP contribution in [0, 0.1) is 13.8 Å². The van der Waals surface area contributed by atoms with E-state index in [1.165, 1.54) is 12.2 Å². The zero-order valence-electron chi connectivity index (χ0n) is 18.1. The third kappa shape index (κ3) is 5.52. The van der Waals surface area contributed by atoms with E-state index >= 15 is 0 Å². The lowest BCUT2D eigenvalue weighted by Crippen LogP contribution is -2.35. The Kier molecular flexibility index (Phi) is 6.83. The number of aryl methyl sites for hydroxylation is 2. The number of ether oxygens (including phenoxy) is 4. The minimum absolute atomic E-state index is 0.201. The number of fused-ring (bicyclic) bond motifs is 1. The van der Waals surface area contributed by atoms with Crippen LogP contribution in [0.3, 0.4) is 0 Å². The minimum atomic E-state index is -0.540. The first-order chi connectivity index (χ1) is 15.5. The van der Waals surface area contributed by atoms with Crippen molar-refractivity contribution in [1.29, 1.82) is 0 Å². The topological polar surface area (TPSA) is 71.1 Å². The van der Waals surface area contributed by atoms with Gasteiger partial charge >= 0.3 is 11.9 Å². The Morgan fingerprint density at radius 1 is 0.719 bits per heavy atom. The summed E-state index contributed by atoms with van der Waals surface area (Å²) >= 11 is 0. The predicted molar refractivity (Wildman–Crippen MR) is 120 cm³/mol. The standard InChI is InChI=1S/C26H26O6/c1-17-3-7-19(8-4-17)11-13-23(27)31-21-15-29-26-22(16-30-25(21)26)32-24(28)14-12-20-9-5-18(2)6-10-20/h3-14,21-22,25-26H,15-16H2,1-2H3/b13-11+,14-12+/t21?,22?,25-,26-/m1/s1. The fraction of sp³-hybridized carbons (Fsp3) is 0.308. The number of hydrogen-bond acceptors (Lipinski definition) is 6. The smallest absolute Gasteiger partial charge is 0.331 e. The fourth-order valence-electron chi connectivity index (χ4n) is 3.69. The van der Waals surface area contributed by atoms with Gasteiger partial charge in [-0.3, -0.25) is 0 Å². The third-order valence-corrected chi connectivity index (χ3v) is 5.48. The van der Waals surface area contributed by atoms with Gasteiger partial charge in [-0.25, -0.2) is 9.59 Å². The molecule has 2 unspecified atom stereocenters. The Morgan fingerprint density at radius 3 is 1.47 bits per heavy atom. The fourth-order valence-corrected chi connectivity index (χ4v) is 3.69. The summed E-state index contributed by atoms with van der Waals surface area (Å²) in [6.07, 6.45) is 4.20. The van der Waals surface area contributed by atoms with E-state index in [1.807, 2.05) is 62.4 Å². The maximum absolute atomic E-state index is 12.2. The van der Waals surface area contributed by atoms with Crippen molar-refractivity contribution in [1.82, 2.24) is 0 Å². The van der Waals surface area contributed by atoms with Crippen LogP contribution in [0.25, 0.3) is 12.2 Å². The van der Waals surface area contributed by atoms with Crippen molar-refractivity contribution in [2.75, 3.05) is 13.2 Å². The minimum Gasteiger partial charge on any atom is -0.454 e. The van der Waals surface area contributed by atoms with Crippen LogP contribution in [0.2, 0.25) is 0 Å². The molecule has 0 saturated carbocycles. The summed E-state index contributed by atoms with van der Waals surface area (Å²) in [6.45, 7) is 4.41. The SMILES string of the molecule is Cc1ccc(/C=C/C(=O)OC2CO[C@@H]3C(OC(=O)/C=C/c4ccc(C)cc4)CO[C@H]23)cc1. The molecule has 6 nitrogen and oxygen atoms in total. The van der Waals surface area contributed by atoms with Crippen molar-refractivity contribution in [2.24, 2.45) is 0 Å². The van der Waals surface area contributed by atoms with Gasteiger partial charge in [0.2, 0.25) is 0 Å². The molecule has 0 amide bonds. The van der Waals surface area contributed by atoms with Crippen LogP contribution < -0.4 is 0 Å². The maximum atomic E-state index is 12.2. The summed E-state index contributed by atoms with van der Waals surface area (Å²) in [7, 11) is 0. The first-order valence-electron chi connectivity index (χ1n) is 10.6. The molecule has 6 heteroatoms. The lowest BCUT2D eigenvalue weighted by molar-refractivity contribution is -0.149. The monoisotopic (exact) mass is 434 g/mol. The van der Waals surface area contributed by atoms with Gasteiger partial charge in [-0.15, -0.1) is 0 Å². The highest BCUT2D eigenvalue weighted by Gasteiger charge is 2.50. The number of carbonyl (C=O) groups excluding carboxylic acids is 2. The lowest BCUT2D eigenvalue weighted by Gasteiger charge is -2.16. The molecule has 2 aliphatic rings. The molecule has 2 fully saturated rings. The highest BCUT2D eigenvalue weighted by atomic mass is 16.7. The second-order valence-electron chi connectivity index (χ2n) is 8.03. The van der Waals surface area contributed by atoms with Crippen LogP contribution in [0.1, 0.15) is 22.3 Å². The Bertz CT molecular complexity index is 922.